The second-order valence-electron chi connectivity index (χ2n) is 5.15. The number of nitrogens with zero attached hydrogens (tertiary/aromatic N) is 1. The number of carbonyl (C=O) groups is 1. The van der Waals surface area contributed by atoms with Crippen LogP contribution < -0.4 is 5.32 Å². The van der Waals surface area contributed by atoms with Crippen LogP contribution in [0.25, 0.3) is 10.9 Å². The van der Waals surface area contributed by atoms with Gasteiger partial charge in [0, 0.05) is 23.1 Å². The Balaban J connectivity index is 1.53. The second kappa shape index (κ2) is 5.83. The summed E-state index contributed by atoms with van der Waals surface area (Å²) >= 11 is 0. The molecule has 0 saturated carbocycles. The quantitative estimate of drug-likeness (QED) is 0.629. The number of nitrogens with one attached hydrogen (secondary N) is 3. The molecule has 21 heavy (non-hydrogen) atoms. The van der Waals surface area contributed by atoms with Gasteiger partial charge in [0.15, 0.2) is 0 Å². The Kier molecular flexibility index (Phi) is 3.73. The van der Waals surface area contributed by atoms with Crippen molar-refractivity contribution < 1.29 is 4.79 Å². The SMILES string of the molecule is Cc1[nH]ncc1CCCNC(=O)c1cc2ccccc2[nH]1. The zero-order chi connectivity index (χ0) is 14.7. The number of rotatable bonds is 5. The predicted octanol–water partition coefficient (Wildman–Crippen LogP) is 2.56. The van der Waals surface area contributed by atoms with Crippen molar-refractivity contribution in [2.45, 2.75) is 19.8 Å². The third-order valence-electron chi connectivity index (χ3n) is 3.62. The number of carbonyl (C=O) groups excluding carboxylic acids is 1. The fourth-order valence-electron chi connectivity index (χ4n) is 2.40. The van der Waals surface area contributed by atoms with Crippen molar-refractivity contribution in [3.05, 3.63) is 53.5 Å². The van der Waals surface area contributed by atoms with E-state index in [1.807, 2.05) is 43.5 Å². The molecular formula is C16H18N4O. The molecule has 0 aliphatic rings. The minimum atomic E-state index is -0.0601. The Hall–Kier alpha value is -2.56. The van der Waals surface area contributed by atoms with Crippen LogP contribution in [0.4, 0.5) is 0 Å². The molecule has 1 amide bonds. The molecule has 0 atom stereocenters. The lowest BCUT2D eigenvalue weighted by Crippen LogP contribution is -2.25. The first kappa shape index (κ1) is 13.4. The molecule has 2 heterocycles. The van der Waals surface area contributed by atoms with Crippen LogP contribution in [0.5, 0.6) is 0 Å². The Morgan fingerprint density at radius 3 is 2.95 bits per heavy atom. The van der Waals surface area contributed by atoms with E-state index in [0.717, 1.165) is 29.4 Å². The number of para-hydroxylation sites is 1. The maximum Gasteiger partial charge on any atom is 0.267 e. The molecule has 2 aromatic heterocycles. The summed E-state index contributed by atoms with van der Waals surface area (Å²) in [4.78, 5) is 15.2. The zero-order valence-electron chi connectivity index (χ0n) is 11.9. The first-order chi connectivity index (χ1) is 10.2. The molecule has 0 aliphatic heterocycles. The molecule has 0 fully saturated rings. The normalized spacial score (nSPS) is 10.9. The Morgan fingerprint density at radius 2 is 2.19 bits per heavy atom. The third kappa shape index (κ3) is 2.97. The van der Waals surface area contributed by atoms with Crippen molar-refractivity contribution in [1.82, 2.24) is 20.5 Å². The summed E-state index contributed by atoms with van der Waals surface area (Å²) in [7, 11) is 0. The molecule has 3 rings (SSSR count). The number of fused-ring (bicyclic) bond motifs is 1. The lowest BCUT2D eigenvalue weighted by Gasteiger charge is -2.03. The van der Waals surface area contributed by atoms with Crippen molar-refractivity contribution >= 4 is 16.8 Å². The number of benzene rings is 1. The number of hydrogen-bond acceptors (Lipinski definition) is 2. The van der Waals surface area contributed by atoms with Crippen LogP contribution >= 0.6 is 0 Å². The summed E-state index contributed by atoms with van der Waals surface area (Å²) in [6, 6.07) is 9.75. The van der Waals surface area contributed by atoms with Gasteiger partial charge in [-0.1, -0.05) is 18.2 Å². The van der Waals surface area contributed by atoms with E-state index in [1.165, 1.54) is 5.56 Å². The fraction of sp³-hybridized carbons (Fsp3) is 0.250. The Morgan fingerprint density at radius 1 is 1.33 bits per heavy atom. The van der Waals surface area contributed by atoms with Crippen LogP contribution in [0.1, 0.15) is 28.2 Å². The Bertz CT molecular complexity index is 723. The molecular weight excluding hydrogens is 264 g/mol. The van der Waals surface area contributed by atoms with Gasteiger partial charge in [0.1, 0.15) is 5.69 Å². The van der Waals surface area contributed by atoms with E-state index < -0.39 is 0 Å². The van der Waals surface area contributed by atoms with Gasteiger partial charge in [-0.25, -0.2) is 0 Å². The first-order valence-corrected chi connectivity index (χ1v) is 7.09. The van der Waals surface area contributed by atoms with E-state index in [0.29, 0.717) is 12.2 Å². The summed E-state index contributed by atoms with van der Waals surface area (Å²) in [6.07, 6.45) is 3.65. The van der Waals surface area contributed by atoms with Crippen LogP contribution in [0.3, 0.4) is 0 Å². The molecule has 5 heteroatoms. The monoisotopic (exact) mass is 282 g/mol. The van der Waals surface area contributed by atoms with Crippen LogP contribution in [-0.4, -0.2) is 27.6 Å². The average Bonchev–Trinajstić information content (AvgIpc) is 3.09. The molecule has 0 spiro atoms. The lowest BCUT2D eigenvalue weighted by atomic mass is 10.1. The minimum absolute atomic E-state index is 0.0601. The highest BCUT2D eigenvalue weighted by Gasteiger charge is 2.08. The molecule has 0 aliphatic carbocycles. The maximum absolute atomic E-state index is 12.1. The van der Waals surface area contributed by atoms with Gasteiger partial charge in [-0.2, -0.15) is 5.10 Å². The summed E-state index contributed by atoms with van der Waals surface area (Å²) in [5.41, 5.74) is 3.89. The van der Waals surface area contributed by atoms with Gasteiger partial charge in [-0.15, -0.1) is 0 Å². The van der Waals surface area contributed by atoms with Crippen LogP contribution in [0.2, 0.25) is 0 Å². The molecule has 3 aromatic rings. The molecule has 108 valence electrons. The first-order valence-electron chi connectivity index (χ1n) is 7.09. The number of hydrogen-bond donors (Lipinski definition) is 3. The van der Waals surface area contributed by atoms with Crippen molar-refractivity contribution in [1.29, 1.82) is 0 Å². The van der Waals surface area contributed by atoms with Crippen molar-refractivity contribution in [3.8, 4) is 0 Å². The molecule has 1 aromatic carbocycles. The smallest absolute Gasteiger partial charge is 0.267 e. The molecule has 0 unspecified atom stereocenters. The number of aromatic amines is 2. The van der Waals surface area contributed by atoms with Gasteiger partial charge >= 0.3 is 0 Å². The molecule has 5 nitrogen and oxygen atoms in total. The summed E-state index contributed by atoms with van der Waals surface area (Å²) in [6.45, 7) is 2.66. The second-order valence-corrected chi connectivity index (χ2v) is 5.15. The van der Waals surface area contributed by atoms with Crippen molar-refractivity contribution in [2.24, 2.45) is 0 Å². The van der Waals surface area contributed by atoms with Gasteiger partial charge < -0.3 is 10.3 Å². The predicted molar refractivity (Wildman–Crippen MR) is 82.3 cm³/mol. The van der Waals surface area contributed by atoms with E-state index in [-0.39, 0.29) is 5.91 Å². The zero-order valence-corrected chi connectivity index (χ0v) is 11.9. The highest BCUT2D eigenvalue weighted by molar-refractivity contribution is 5.97. The average molecular weight is 282 g/mol. The number of aromatic nitrogens is 3. The van der Waals surface area contributed by atoms with Gasteiger partial charge in [-0.3, -0.25) is 9.89 Å². The summed E-state index contributed by atoms with van der Waals surface area (Å²) in [5, 5.41) is 10.9. The van der Waals surface area contributed by atoms with Crippen LogP contribution in [0.15, 0.2) is 36.5 Å². The lowest BCUT2D eigenvalue weighted by molar-refractivity contribution is 0.0949. The maximum atomic E-state index is 12.1. The van der Waals surface area contributed by atoms with Gasteiger partial charge in [-0.05, 0) is 37.5 Å². The third-order valence-corrected chi connectivity index (χ3v) is 3.62. The highest BCUT2D eigenvalue weighted by atomic mass is 16.1. The van der Waals surface area contributed by atoms with Gasteiger partial charge in [0.25, 0.3) is 5.91 Å². The highest BCUT2D eigenvalue weighted by Crippen LogP contribution is 2.14. The fourth-order valence-corrected chi connectivity index (χ4v) is 2.40. The minimum Gasteiger partial charge on any atom is -0.351 e. The van der Waals surface area contributed by atoms with Crippen molar-refractivity contribution in [2.75, 3.05) is 6.54 Å². The van der Waals surface area contributed by atoms with E-state index in [4.69, 9.17) is 0 Å². The van der Waals surface area contributed by atoms with Crippen molar-refractivity contribution in [3.63, 3.8) is 0 Å². The van der Waals surface area contributed by atoms with Crippen LogP contribution in [0, 0.1) is 6.92 Å². The molecule has 0 saturated heterocycles. The van der Waals surface area contributed by atoms with E-state index in [9.17, 15) is 4.79 Å². The number of aryl methyl sites for hydroxylation is 2. The van der Waals surface area contributed by atoms with Crippen LogP contribution in [-0.2, 0) is 6.42 Å². The number of amides is 1. The summed E-state index contributed by atoms with van der Waals surface area (Å²) in [5.74, 6) is -0.0601. The van der Waals surface area contributed by atoms with E-state index in [1.54, 1.807) is 0 Å². The van der Waals surface area contributed by atoms with E-state index in [2.05, 4.69) is 20.5 Å². The van der Waals surface area contributed by atoms with Gasteiger partial charge in [0.2, 0.25) is 0 Å². The molecule has 0 bridgehead atoms. The Labute approximate surface area is 122 Å². The molecule has 0 radical (unpaired) electrons. The van der Waals surface area contributed by atoms with Gasteiger partial charge in [0.05, 0.1) is 6.20 Å². The number of H-pyrrole nitrogens is 2. The summed E-state index contributed by atoms with van der Waals surface area (Å²) < 4.78 is 0. The van der Waals surface area contributed by atoms with E-state index >= 15 is 0 Å². The topological polar surface area (TPSA) is 73.6 Å². The standard InChI is InChI=1S/C16H18N4O/c1-11-13(10-18-20-11)6-4-8-17-16(21)15-9-12-5-2-3-7-14(12)19-15/h2-3,5,7,9-10,19H,4,6,8H2,1H3,(H,17,21)(H,18,20). The largest absolute Gasteiger partial charge is 0.351 e. The molecule has 3 N–H and O–H groups in total.